The minimum atomic E-state index is -0.610. The van der Waals surface area contributed by atoms with Crippen LogP contribution in [0.2, 0.25) is 0 Å². The molecule has 7 heteroatoms. The van der Waals surface area contributed by atoms with E-state index in [1.165, 1.54) is 12.1 Å². The number of amides is 1. The van der Waals surface area contributed by atoms with Crippen LogP contribution < -0.4 is 16.2 Å². The first-order chi connectivity index (χ1) is 10.2. The Labute approximate surface area is 128 Å². The summed E-state index contributed by atoms with van der Waals surface area (Å²) < 4.78 is 31.8. The van der Waals surface area contributed by atoms with Crippen LogP contribution in [0, 0.1) is 11.6 Å². The van der Waals surface area contributed by atoms with Crippen LogP contribution in [0.25, 0.3) is 0 Å². The van der Waals surface area contributed by atoms with Crippen LogP contribution in [0.15, 0.2) is 18.2 Å². The standard InChI is InChI=1S/C15H21F2N3O2/c1-15(2,3)22-14(21)20-19-13-8-18-7-12(13)9-4-10(16)6-11(17)5-9/h4-6,12-13,18-19H,7-8H2,1-3H3,(H,20,21)/t12-,13+/m0/s1. The van der Waals surface area contributed by atoms with Gasteiger partial charge in [-0.1, -0.05) is 0 Å². The first-order valence-corrected chi connectivity index (χ1v) is 7.16. The molecule has 1 fully saturated rings. The number of hydrogen-bond donors (Lipinski definition) is 3. The van der Waals surface area contributed by atoms with E-state index in [9.17, 15) is 13.6 Å². The first-order valence-electron chi connectivity index (χ1n) is 7.16. The van der Waals surface area contributed by atoms with Crippen molar-refractivity contribution in [1.29, 1.82) is 0 Å². The molecular formula is C15H21F2N3O2. The molecule has 122 valence electrons. The molecule has 22 heavy (non-hydrogen) atoms. The third-order valence-electron chi connectivity index (χ3n) is 3.29. The van der Waals surface area contributed by atoms with Crippen molar-refractivity contribution in [1.82, 2.24) is 16.2 Å². The maximum Gasteiger partial charge on any atom is 0.422 e. The average molecular weight is 313 g/mol. The molecule has 1 saturated heterocycles. The second-order valence-corrected chi connectivity index (χ2v) is 6.35. The SMILES string of the molecule is CC(C)(C)OC(=O)NN[C@@H]1CNC[C@H]1c1cc(F)cc(F)c1. The van der Waals surface area contributed by atoms with Crippen molar-refractivity contribution in [3.05, 3.63) is 35.4 Å². The molecule has 0 spiro atoms. The fourth-order valence-electron chi connectivity index (χ4n) is 2.43. The predicted molar refractivity (Wildman–Crippen MR) is 78.3 cm³/mol. The second-order valence-electron chi connectivity index (χ2n) is 6.35. The summed E-state index contributed by atoms with van der Waals surface area (Å²) in [5, 5.41) is 3.13. The number of benzene rings is 1. The molecular weight excluding hydrogens is 292 g/mol. The Morgan fingerprint density at radius 2 is 1.86 bits per heavy atom. The molecule has 1 aliphatic rings. The molecule has 2 atom stereocenters. The number of carbonyl (C=O) groups is 1. The topological polar surface area (TPSA) is 62.4 Å². The zero-order valence-corrected chi connectivity index (χ0v) is 12.9. The monoisotopic (exact) mass is 313 g/mol. The van der Waals surface area contributed by atoms with E-state index < -0.39 is 23.3 Å². The molecule has 3 N–H and O–H groups in total. The first kappa shape index (κ1) is 16.6. The largest absolute Gasteiger partial charge is 0.443 e. The molecule has 5 nitrogen and oxygen atoms in total. The number of halogens is 2. The van der Waals surface area contributed by atoms with Crippen molar-refractivity contribution in [2.75, 3.05) is 13.1 Å². The zero-order chi connectivity index (χ0) is 16.3. The van der Waals surface area contributed by atoms with E-state index in [4.69, 9.17) is 4.74 Å². The fraction of sp³-hybridized carbons (Fsp3) is 0.533. The number of rotatable bonds is 3. The maximum absolute atomic E-state index is 13.3. The molecule has 1 aromatic rings. The van der Waals surface area contributed by atoms with Gasteiger partial charge in [-0.3, -0.25) is 5.43 Å². The molecule has 2 rings (SSSR count). The Bertz CT molecular complexity index is 526. The van der Waals surface area contributed by atoms with Gasteiger partial charge in [0.15, 0.2) is 0 Å². The van der Waals surface area contributed by atoms with Gasteiger partial charge in [-0.05, 0) is 38.5 Å². The minimum Gasteiger partial charge on any atom is -0.443 e. The summed E-state index contributed by atoms with van der Waals surface area (Å²) >= 11 is 0. The van der Waals surface area contributed by atoms with Gasteiger partial charge in [-0.25, -0.2) is 19.0 Å². The highest BCUT2D eigenvalue weighted by molar-refractivity contribution is 5.67. The molecule has 0 aromatic heterocycles. The van der Waals surface area contributed by atoms with Crippen LogP contribution in [0.1, 0.15) is 32.3 Å². The van der Waals surface area contributed by atoms with Crippen molar-refractivity contribution < 1.29 is 18.3 Å². The highest BCUT2D eigenvalue weighted by Gasteiger charge is 2.29. The van der Waals surface area contributed by atoms with Crippen LogP contribution in [-0.2, 0) is 4.74 Å². The number of hydrogen-bond acceptors (Lipinski definition) is 4. The molecule has 0 saturated carbocycles. The van der Waals surface area contributed by atoms with Crippen molar-refractivity contribution in [2.24, 2.45) is 0 Å². The summed E-state index contributed by atoms with van der Waals surface area (Å²) in [5.41, 5.74) is 5.29. The van der Waals surface area contributed by atoms with Gasteiger partial charge in [-0.2, -0.15) is 0 Å². The van der Waals surface area contributed by atoms with Crippen LogP contribution in [0.5, 0.6) is 0 Å². The lowest BCUT2D eigenvalue weighted by atomic mass is 9.94. The van der Waals surface area contributed by atoms with Gasteiger partial charge in [-0.15, -0.1) is 0 Å². The van der Waals surface area contributed by atoms with E-state index in [1.54, 1.807) is 20.8 Å². The van der Waals surface area contributed by atoms with E-state index in [0.717, 1.165) is 6.07 Å². The van der Waals surface area contributed by atoms with Crippen LogP contribution in [0.3, 0.4) is 0 Å². The number of ether oxygens (including phenoxy) is 1. The zero-order valence-electron chi connectivity index (χ0n) is 12.9. The van der Waals surface area contributed by atoms with E-state index in [-0.39, 0.29) is 12.0 Å². The Balaban J connectivity index is 1.97. The predicted octanol–water partition coefficient (Wildman–Crippen LogP) is 2.05. The lowest BCUT2D eigenvalue weighted by Crippen LogP contribution is -2.48. The summed E-state index contributed by atoms with van der Waals surface area (Å²) in [6.45, 7) is 6.43. The van der Waals surface area contributed by atoms with Crippen molar-refractivity contribution in [3.63, 3.8) is 0 Å². The molecule has 0 radical (unpaired) electrons. The van der Waals surface area contributed by atoms with Crippen LogP contribution in [-0.4, -0.2) is 30.8 Å². The molecule has 0 bridgehead atoms. The van der Waals surface area contributed by atoms with E-state index >= 15 is 0 Å². The summed E-state index contributed by atoms with van der Waals surface area (Å²) in [5.74, 6) is -1.37. The Morgan fingerprint density at radius 3 is 2.45 bits per heavy atom. The van der Waals surface area contributed by atoms with Gasteiger partial charge in [0.05, 0.1) is 0 Å². The van der Waals surface area contributed by atoms with Gasteiger partial charge >= 0.3 is 6.09 Å². The quantitative estimate of drug-likeness (QED) is 0.748. The summed E-state index contributed by atoms with van der Waals surface area (Å²) in [6, 6.07) is 3.27. The third-order valence-corrected chi connectivity index (χ3v) is 3.29. The van der Waals surface area contributed by atoms with Gasteiger partial charge in [0, 0.05) is 31.1 Å². The number of carbonyl (C=O) groups excluding carboxylic acids is 1. The molecule has 1 aliphatic heterocycles. The van der Waals surface area contributed by atoms with Gasteiger partial charge < -0.3 is 10.1 Å². The van der Waals surface area contributed by atoms with Crippen molar-refractivity contribution >= 4 is 6.09 Å². The molecule has 0 aliphatic carbocycles. The average Bonchev–Trinajstić information content (AvgIpc) is 2.81. The van der Waals surface area contributed by atoms with Gasteiger partial charge in [0.25, 0.3) is 0 Å². The fourth-order valence-corrected chi connectivity index (χ4v) is 2.43. The second kappa shape index (κ2) is 6.58. The number of hydrazine groups is 1. The van der Waals surface area contributed by atoms with E-state index in [2.05, 4.69) is 16.2 Å². The van der Waals surface area contributed by atoms with Crippen molar-refractivity contribution in [3.8, 4) is 0 Å². The molecule has 1 heterocycles. The molecule has 1 aromatic carbocycles. The van der Waals surface area contributed by atoms with Gasteiger partial charge in [0.2, 0.25) is 0 Å². The molecule has 1 amide bonds. The van der Waals surface area contributed by atoms with Crippen LogP contribution >= 0.6 is 0 Å². The highest BCUT2D eigenvalue weighted by atomic mass is 19.1. The summed E-state index contributed by atoms with van der Waals surface area (Å²) in [7, 11) is 0. The summed E-state index contributed by atoms with van der Waals surface area (Å²) in [4.78, 5) is 11.6. The van der Waals surface area contributed by atoms with Crippen LogP contribution in [0.4, 0.5) is 13.6 Å². The Morgan fingerprint density at radius 1 is 1.23 bits per heavy atom. The Kier molecular flexibility index (Phi) is 4.97. The van der Waals surface area contributed by atoms with Crippen molar-refractivity contribution in [2.45, 2.75) is 38.3 Å². The van der Waals surface area contributed by atoms with E-state index in [1.807, 2.05) is 0 Å². The minimum absolute atomic E-state index is 0.153. The lowest BCUT2D eigenvalue weighted by Gasteiger charge is -2.23. The normalized spacial score (nSPS) is 21.7. The molecule has 0 unspecified atom stereocenters. The third kappa shape index (κ3) is 4.64. The highest BCUT2D eigenvalue weighted by Crippen LogP contribution is 2.24. The number of nitrogens with one attached hydrogen (secondary N) is 3. The smallest absolute Gasteiger partial charge is 0.422 e. The lowest BCUT2D eigenvalue weighted by molar-refractivity contribution is 0.0488. The maximum atomic E-state index is 13.3. The van der Waals surface area contributed by atoms with E-state index in [0.29, 0.717) is 18.7 Å². The Hall–Kier alpha value is -1.73. The van der Waals surface area contributed by atoms with Gasteiger partial charge in [0.1, 0.15) is 17.2 Å². The summed E-state index contributed by atoms with van der Waals surface area (Å²) in [6.07, 6.45) is -0.594.